The van der Waals surface area contributed by atoms with Crippen molar-refractivity contribution in [1.82, 2.24) is 0 Å². The van der Waals surface area contributed by atoms with E-state index in [1.165, 1.54) is 5.57 Å². The Hall–Kier alpha value is -0.930. The van der Waals surface area contributed by atoms with E-state index >= 15 is 0 Å². The van der Waals surface area contributed by atoms with Crippen LogP contribution >= 0.6 is 0 Å². The number of allylic oxidation sites excluding steroid dienone is 2. The number of carbonyl (C=O) groups is 1. The fraction of sp³-hybridized carbons (Fsp3) is 0.706. The summed E-state index contributed by atoms with van der Waals surface area (Å²) in [6, 6.07) is 0. The highest BCUT2D eigenvalue weighted by atomic mass is 16.5. The molecule has 0 spiro atoms. The number of rotatable bonds is 1. The first-order valence-corrected chi connectivity index (χ1v) is 7.61. The quantitative estimate of drug-likeness (QED) is 0.749. The monoisotopic (exact) mass is 280 g/mol. The number of hydrogen-bond donors (Lipinski definition) is 1. The third-order valence-electron chi connectivity index (χ3n) is 3.90. The molecule has 1 rings (SSSR count). The number of methoxy groups -OCH3 is 1. The number of aliphatic hydroxyl groups is 1. The van der Waals surface area contributed by atoms with Gasteiger partial charge in [0.05, 0.1) is 6.10 Å². The fourth-order valence-corrected chi connectivity index (χ4v) is 2.54. The Labute approximate surface area is 122 Å². The van der Waals surface area contributed by atoms with E-state index in [0.717, 1.165) is 25.7 Å². The maximum Gasteiger partial charge on any atom is 0.133 e. The van der Waals surface area contributed by atoms with Crippen molar-refractivity contribution in [3.63, 3.8) is 0 Å². The van der Waals surface area contributed by atoms with Crippen LogP contribution in [0.2, 0.25) is 0 Å². The smallest absolute Gasteiger partial charge is 0.133 e. The molecule has 3 heteroatoms. The highest BCUT2D eigenvalue weighted by molar-refractivity contribution is 5.78. The Morgan fingerprint density at radius 2 is 2.00 bits per heavy atom. The van der Waals surface area contributed by atoms with Crippen LogP contribution in [-0.2, 0) is 9.53 Å². The lowest BCUT2D eigenvalue weighted by Crippen LogP contribution is -2.31. The molecule has 0 saturated heterocycles. The molecule has 3 nitrogen and oxygen atoms in total. The molecule has 1 N–H and O–H groups in total. The normalized spacial score (nSPS) is 34.9. The van der Waals surface area contributed by atoms with Gasteiger partial charge in [0, 0.05) is 25.9 Å². The molecular formula is C17H28O3. The Morgan fingerprint density at radius 3 is 2.70 bits per heavy atom. The molecule has 0 heterocycles. The lowest BCUT2D eigenvalue weighted by Gasteiger charge is -2.23. The SMILES string of the molecule is CO[C@H]1/C=C/CCCCC(=O)CC/C(C)=C/[C@H](C)[C@@H]1O. The van der Waals surface area contributed by atoms with Crippen LogP contribution in [-0.4, -0.2) is 30.2 Å². The topological polar surface area (TPSA) is 46.5 Å². The van der Waals surface area contributed by atoms with Crippen molar-refractivity contribution in [3.05, 3.63) is 23.8 Å². The van der Waals surface area contributed by atoms with E-state index < -0.39 is 6.10 Å². The van der Waals surface area contributed by atoms with Gasteiger partial charge in [0.15, 0.2) is 0 Å². The van der Waals surface area contributed by atoms with Crippen molar-refractivity contribution in [3.8, 4) is 0 Å². The van der Waals surface area contributed by atoms with Gasteiger partial charge in [-0.15, -0.1) is 0 Å². The van der Waals surface area contributed by atoms with E-state index in [0.29, 0.717) is 18.6 Å². The Kier molecular flexibility index (Phi) is 7.78. The van der Waals surface area contributed by atoms with E-state index in [1.807, 2.05) is 19.9 Å². The second-order valence-corrected chi connectivity index (χ2v) is 5.78. The molecule has 0 saturated carbocycles. The van der Waals surface area contributed by atoms with Gasteiger partial charge in [0.25, 0.3) is 0 Å². The van der Waals surface area contributed by atoms with Crippen molar-refractivity contribution < 1.29 is 14.6 Å². The van der Waals surface area contributed by atoms with Crippen molar-refractivity contribution in [2.24, 2.45) is 5.92 Å². The number of Topliss-reactive ketones (excluding diaryl/α,β-unsaturated/α-hetero) is 1. The summed E-state index contributed by atoms with van der Waals surface area (Å²) >= 11 is 0. The zero-order valence-electron chi connectivity index (χ0n) is 13.0. The number of ketones is 1. The van der Waals surface area contributed by atoms with Gasteiger partial charge in [-0.3, -0.25) is 4.79 Å². The second kappa shape index (κ2) is 9.09. The minimum Gasteiger partial charge on any atom is -0.389 e. The summed E-state index contributed by atoms with van der Waals surface area (Å²) in [4.78, 5) is 11.7. The molecule has 0 bridgehead atoms. The molecule has 3 atom stereocenters. The largest absolute Gasteiger partial charge is 0.389 e. The molecule has 0 unspecified atom stereocenters. The van der Waals surface area contributed by atoms with Crippen molar-refractivity contribution in [1.29, 1.82) is 0 Å². The van der Waals surface area contributed by atoms with Crippen molar-refractivity contribution >= 4 is 5.78 Å². The number of carbonyl (C=O) groups excluding carboxylic acids is 1. The van der Waals surface area contributed by atoms with Crippen LogP contribution < -0.4 is 0 Å². The van der Waals surface area contributed by atoms with Crippen LogP contribution in [0.15, 0.2) is 23.8 Å². The lowest BCUT2D eigenvalue weighted by molar-refractivity contribution is -0.119. The average molecular weight is 280 g/mol. The Morgan fingerprint density at radius 1 is 1.25 bits per heavy atom. The summed E-state index contributed by atoms with van der Waals surface area (Å²) < 4.78 is 5.37. The van der Waals surface area contributed by atoms with E-state index in [9.17, 15) is 9.90 Å². The molecule has 114 valence electrons. The summed E-state index contributed by atoms with van der Waals surface area (Å²) in [5, 5.41) is 10.3. The standard InChI is InChI=1S/C17H28O3/c1-13-10-11-15(18)8-6-4-5-7-9-16(20-3)17(19)14(2)12-13/h7,9,12,14,16-17,19H,4-6,8,10-11H2,1-3H3/b9-7+,13-12+/t14-,16-,17-/m0/s1. The Balaban J connectivity index is 2.78. The molecule has 0 amide bonds. The van der Waals surface area contributed by atoms with Gasteiger partial charge < -0.3 is 9.84 Å². The van der Waals surface area contributed by atoms with Crippen LogP contribution in [0.4, 0.5) is 0 Å². The van der Waals surface area contributed by atoms with E-state index in [2.05, 4.69) is 12.2 Å². The average Bonchev–Trinajstić information content (AvgIpc) is 2.43. The maximum absolute atomic E-state index is 11.7. The van der Waals surface area contributed by atoms with Gasteiger partial charge >= 0.3 is 0 Å². The predicted molar refractivity (Wildman–Crippen MR) is 81.6 cm³/mol. The summed E-state index contributed by atoms with van der Waals surface area (Å²) in [5.41, 5.74) is 1.17. The molecule has 0 radical (unpaired) electrons. The lowest BCUT2D eigenvalue weighted by atomic mass is 9.94. The summed E-state index contributed by atoms with van der Waals surface area (Å²) in [6.45, 7) is 4.02. The van der Waals surface area contributed by atoms with Crippen molar-refractivity contribution in [2.75, 3.05) is 7.11 Å². The number of hydrogen-bond acceptors (Lipinski definition) is 3. The highest BCUT2D eigenvalue weighted by Gasteiger charge is 2.21. The number of aliphatic hydroxyl groups excluding tert-OH is 1. The zero-order valence-corrected chi connectivity index (χ0v) is 13.0. The van der Waals surface area contributed by atoms with Crippen LogP contribution in [0.1, 0.15) is 52.4 Å². The molecular weight excluding hydrogens is 252 g/mol. The van der Waals surface area contributed by atoms with Crippen LogP contribution in [0, 0.1) is 5.92 Å². The first kappa shape index (κ1) is 17.1. The summed E-state index contributed by atoms with van der Waals surface area (Å²) in [5.74, 6) is 0.365. The fourth-order valence-electron chi connectivity index (χ4n) is 2.54. The van der Waals surface area contributed by atoms with Gasteiger partial charge in [-0.05, 0) is 32.6 Å². The molecule has 0 aromatic heterocycles. The number of ether oxygens (including phenoxy) is 1. The maximum atomic E-state index is 11.7. The molecule has 0 aromatic carbocycles. The zero-order chi connectivity index (χ0) is 15.0. The van der Waals surface area contributed by atoms with Crippen molar-refractivity contribution in [2.45, 2.75) is 64.6 Å². The van der Waals surface area contributed by atoms with Gasteiger partial charge in [-0.1, -0.05) is 30.7 Å². The molecule has 0 fully saturated rings. The van der Waals surface area contributed by atoms with Crippen LogP contribution in [0.3, 0.4) is 0 Å². The van der Waals surface area contributed by atoms with Crippen LogP contribution in [0.25, 0.3) is 0 Å². The molecule has 1 aliphatic rings. The van der Waals surface area contributed by atoms with Crippen LogP contribution in [0.5, 0.6) is 0 Å². The first-order valence-electron chi connectivity index (χ1n) is 7.61. The minimum atomic E-state index is -0.551. The third kappa shape index (κ3) is 6.02. The molecule has 0 aromatic rings. The molecule has 20 heavy (non-hydrogen) atoms. The summed E-state index contributed by atoms with van der Waals surface area (Å²) in [6.07, 6.45) is 10.2. The Bertz CT molecular complexity index is 357. The first-order chi connectivity index (χ1) is 9.54. The third-order valence-corrected chi connectivity index (χ3v) is 3.90. The minimum absolute atomic E-state index is 0.0163. The van der Waals surface area contributed by atoms with Gasteiger partial charge in [0.1, 0.15) is 11.9 Å². The van der Waals surface area contributed by atoms with Gasteiger partial charge in [-0.25, -0.2) is 0 Å². The van der Waals surface area contributed by atoms with Gasteiger partial charge in [0.2, 0.25) is 0 Å². The second-order valence-electron chi connectivity index (χ2n) is 5.78. The van der Waals surface area contributed by atoms with E-state index in [1.54, 1.807) is 7.11 Å². The van der Waals surface area contributed by atoms with Gasteiger partial charge in [-0.2, -0.15) is 0 Å². The predicted octanol–water partition coefficient (Wildman–Crippen LogP) is 3.42. The van der Waals surface area contributed by atoms with E-state index in [4.69, 9.17) is 4.74 Å². The highest BCUT2D eigenvalue weighted by Crippen LogP contribution is 2.18. The summed E-state index contributed by atoms with van der Waals surface area (Å²) in [7, 11) is 1.63. The molecule has 1 aliphatic carbocycles. The van der Waals surface area contributed by atoms with E-state index in [-0.39, 0.29) is 12.0 Å². The molecule has 0 aliphatic heterocycles.